The molecule has 0 bridgehead atoms. The monoisotopic (exact) mass is 478 g/mol. The van der Waals surface area contributed by atoms with Crippen LogP contribution in [0.5, 0.6) is 0 Å². The molecule has 1 aliphatic rings. The van der Waals surface area contributed by atoms with E-state index in [1.807, 2.05) is 13.0 Å². The van der Waals surface area contributed by atoms with Crippen molar-refractivity contribution in [2.24, 2.45) is 0 Å². The first kappa shape index (κ1) is 22.6. The first-order valence-electron chi connectivity index (χ1n) is 10.2. The molecular weight excluding hydrogens is 460 g/mol. The van der Waals surface area contributed by atoms with Crippen LogP contribution >= 0.6 is 23.8 Å². The van der Waals surface area contributed by atoms with E-state index in [1.165, 1.54) is 4.90 Å². The van der Waals surface area contributed by atoms with Crippen LogP contribution in [0.3, 0.4) is 0 Å². The number of nitrogens with zero attached hydrogens (tertiary/aromatic N) is 2. The molecular formula is C25H19ClN2O4S. The molecule has 8 heteroatoms. The number of rotatable bonds is 5. The SMILES string of the molecule is Cc1cccc(C(=O)N(C(=S)OCCN2C(=O)c3ccccc3C2=O)c2ccc(Cl)cc2)c1. The van der Waals surface area contributed by atoms with E-state index in [2.05, 4.69) is 0 Å². The molecule has 4 rings (SSSR count). The molecule has 3 amide bonds. The van der Waals surface area contributed by atoms with Crippen LogP contribution in [-0.4, -0.2) is 40.9 Å². The summed E-state index contributed by atoms with van der Waals surface area (Å²) < 4.78 is 5.68. The Hall–Kier alpha value is -3.55. The predicted molar refractivity (Wildman–Crippen MR) is 130 cm³/mol. The van der Waals surface area contributed by atoms with E-state index in [4.69, 9.17) is 28.6 Å². The number of hydrogen-bond acceptors (Lipinski definition) is 5. The number of amides is 3. The molecule has 33 heavy (non-hydrogen) atoms. The first-order valence-corrected chi connectivity index (χ1v) is 10.9. The summed E-state index contributed by atoms with van der Waals surface area (Å²) in [6.45, 7) is 1.83. The van der Waals surface area contributed by atoms with Gasteiger partial charge in [-0.25, -0.2) is 4.90 Å². The van der Waals surface area contributed by atoms with E-state index in [9.17, 15) is 14.4 Å². The number of carbonyl (C=O) groups is 3. The van der Waals surface area contributed by atoms with Crippen molar-refractivity contribution in [2.45, 2.75) is 6.92 Å². The molecule has 0 fully saturated rings. The lowest BCUT2D eigenvalue weighted by atomic mass is 10.1. The fraction of sp³-hybridized carbons (Fsp3) is 0.120. The van der Waals surface area contributed by atoms with Crippen molar-refractivity contribution in [3.63, 3.8) is 0 Å². The van der Waals surface area contributed by atoms with Gasteiger partial charge in [-0.3, -0.25) is 19.3 Å². The number of thiocarbonyl (C=S) groups is 1. The van der Waals surface area contributed by atoms with Gasteiger partial charge in [-0.1, -0.05) is 41.4 Å². The van der Waals surface area contributed by atoms with Gasteiger partial charge in [0.2, 0.25) is 0 Å². The Labute approximate surface area is 201 Å². The van der Waals surface area contributed by atoms with E-state index in [-0.39, 0.29) is 36.0 Å². The number of imide groups is 1. The van der Waals surface area contributed by atoms with E-state index >= 15 is 0 Å². The van der Waals surface area contributed by atoms with Crippen LogP contribution in [0.1, 0.15) is 36.6 Å². The number of carbonyl (C=O) groups excluding carboxylic acids is 3. The Bertz CT molecular complexity index is 1220. The largest absolute Gasteiger partial charge is 0.468 e. The lowest BCUT2D eigenvalue weighted by molar-refractivity contribution is 0.0627. The topological polar surface area (TPSA) is 66.9 Å². The van der Waals surface area contributed by atoms with Crippen molar-refractivity contribution in [2.75, 3.05) is 18.1 Å². The normalized spacial score (nSPS) is 12.5. The summed E-state index contributed by atoms with van der Waals surface area (Å²) in [4.78, 5) is 40.8. The van der Waals surface area contributed by atoms with Gasteiger partial charge in [-0.05, 0) is 67.7 Å². The van der Waals surface area contributed by atoms with Crippen molar-refractivity contribution in [3.05, 3.63) is 100 Å². The molecule has 0 aromatic heterocycles. The first-order chi connectivity index (χ1) is 15.9. The van der Waals surface area contributed by atoms with Crippen LogP contribution in [0.15, 0.2) is 72.8 Å². The van der Waals surface area contributed by atoms with Gasteiger partial charge in [0.15, 0.2) is 0 Å². The van der Waals surface area contributed by atoms with Crippen molar-refractivity contribution in [1.82, 2.24) is 4.90 Å². The van der Waals surface area contributed by atoms with Gasteiger partial charge in [0.05, 0.1) is 23.4 Å². The Morgan fingerprint density at radius 2 is 1.61 bits per heavy atom. The third-order valence-corrected chi connectivity index (χ3v) is 5.71. The number of hydrogen-bond donors (Lipinski definition) is 0. The van der Waals surface area contributed by atoms with Gasteiger partial charge in [-0.2, -0.15) is 0 Å². The van der Waals surface area contributed by atoms with Gasteiger partial charge in [-0.15, -0.1) is 0 Å². The molecule has 0 aliphatic carbocycles. The summed E-state index contributed by atoms with van der Waals surface area (Å²) in [7, 11) is 0. The minimum absolute atomic E-state index is 0.000417. The molecule has 166 valence electrons. The minimum Gasteiger partial charge on any atom is -0.468 e. The Balaban J connectivity index is 1.50. The van der Waals surface area contributed by atoms with Crippen molar-refractivity contribution in [3.8, 4) is 0 Å². The standard InChI is InChI=1S/C25H19ClN2O4S/c1-16-5-4-6-17(15-16)22(29)28(19-11-9-18(26)10-12-19)25(33)32-14-13-27-23(30)20-7-2-3-8-21(20)24(27)31/h2-12,15H,13-14H2,1H3. The van der Waals surface area contributed by atoms with Crippen molar-refractivity contribution >= 4 is 52.4 Å². The summed E-state index contributed by atoms with van der Waals surface area (Å²) in [6.07, 6.45) is 0. The fourth-order valence-electron chi connectivity index (χ4n) is 3.53. The van der Waals surface area contributed by atoms with Crippen molar-refractivity contribution in [1.29, 1.82) is 0 Å². The molecule has 3 aromatic rings. The molecule has 6 nitrogen and oxygen atoms in total. The summed E-state index contributed by atoms with van der Waals surface area (Å²) in [5, 5.41) is 0.416. The Morgan fingerprint density at radius 1 is 0.970 bits per heavy atom. The third kappa shape index (κ3) is 4.65. The zero-order chi connectivity index (χ0) is 23.5. The van der Waals surface area contributed by atoms with Crippen LogP contribution < -0.4 is 4.90 Å². The smallest absolute Gasteiger partial charge is 0.271 e. The molecule has 0 saturated carbocycles. The number of anilines is 1. The highest BCUT2D eigenvalue weighted by molar-refractivity contribution is 7.80. The van der Waals surface area contributed by atoms with Crippen LogP contribution in [0.25, 0.3) is 0 Å². The van der Waals surface area contributed by atoms with Gasteiger partial charge in [0.1, 0.15) is 6.61 Å². The van der Waals surface area contributed by atoms with Gasteiger partial charge >= 0.3 is 0 Å². The Morgan fingerprint density at radius 3 is 2.21 bits per heavy atom. The maximum absolute atomic E-state index is 13.3. The quantitative estimate of drug-likeness (QED) is 0.385. The molecule has 0 unspecified atom stereocenters. The second kappa shape index (κ2) is 9.52. The van der Waals surface area contributed by atoms with E-state index < -0.39 is 0 Å². The second-order valence-corrected chi connectivity index (χ2v) is 8.19. The third-order valence-electron chi connectivity index (χ3n) is 5.15. The molecule has 0 atom stereocenters. The van der Waals surface area contributed by atoms with Gasteiger partial charge < -0.3 is 4.74 Å². The van der Waals surface area contributed by atoms with E-state index in [1.54, 1.807) is 66.7 Å². The summed E-state index contributed by atoms with van der Waals surface area (Å²) in [5.41, 5.74) is 2.58. The lowest BCUT2D eigenvalue weighted by Gasteiger charge is -2.24. The number of aryl methyl sites for hydroxylation is 1. The molecule has 0 spiro atoms. The second-order valence-electron chi connectivity index (χ2n) is 7.41. The lowest BCUT2D eigenvalue weighted by Crippen LogP contribution is -2.39. The maximum Gasteiger partial charge on any atom is 0.271 e. The highest BCUT2D eigenvalue weighted by Gasteiger charge is 2.35. The molecule has 3 aromatic carbocycles. The van der Waals surface area contributed by atoms with Gasteiger partial charge in [0.25, 0.3) is 22.9 Å². The highest BCUT2D eigenvalue weighted by Crippen LogP contribution is 2.24. The van der Waals surface area contributed by atoms with Gasteiger partial charge in [0, 0.05) is 10.6 Å². The molecule has 0 radical (unpaired) electrons. The van der Waals surface area contributed by atoms with Crippen LogP contribution in [-0.2, 0) is 4.74 Å². The molecule has 0 saturated heterocycles. The average Bonchev–Trinajstić information content (AvgIpc) is 3.05. The number of fused-ring (bicyclic) bond motifs is 1. The maximum atomic E-state index is 13.3. The summed E-state index contributed by atoms with van der Waals surface area (Å²) >= 11 is 11.4. The van der Waals surface area contributed by atoms with E-state index in [0.29, 0.717) is 27.4 Å². The average molecular weight is 479 g/mol. The number of ether oxygens (including phenoxy) is 1. The van der Waals surface area contributed by atoms with Crippen LogP contribution in [0.2, 0.25) is 5.02 Å². The predicted octanol–water partition coefficient (Wildman–Crippen LogP) is 4.89. The molecule has 1 aliphatic heterocycles. The van der Waals surface area contributed by atoms with Crippen molar-refractivity contribution < 1.29 is 19.1 Å². The summed E-state index contributed by atoms with van der Waals surface area (Å²) in [6, 6.07) is 20.4. The summed E-state index contributed by atoms with van der Waals surface area (Å²) in [5.74, 6) is -1.13. The molecule has 1 heterocycles. The Kier molecular flexibility index (Phi) is 6.53. The number of benzene rings is 3. The highest BCUT2D eigenvalue weighted by atomic mass is 35.5. The van der Waals surface area contributed by atoms with Crippen LogP contribution in [0.4, 0.5) is 5.69 Å². The zero-order valence-corrected chi connectivity index (χ0v) is 19.2. The zero-order valence-electron chi connectivity index (χ0n) is 17.7. The van der Waals surface area contributed by atoms with Crippen LogP contribution in [0, 0.1) is 6.92 Å². The fourth-order valence-corrected chi connectivity index (χ4v) is 3.93. The van der Waals surface area contributed by atoms with E-state index in [0.717, 1.165) is 10.5 Å². The molecule has 0 N–H and O–H groups in total. The number of halogens is 1. The minimum atomic E-state index is -0.379.